The van der Waals surface area contributed by atoms with Crippen LogP contribution in [0.15, 0.2) is 12.1 Å². The highest BCUT2D eigenvalue weighted by Crippen LogP contribution is 2.12. The largest absolute Gasteiger partial charge is 0.358 e. The predicted octanol–water partition coefficient (Wildman–Crippen LogP) is 0.444. The molecule has 0 saturated heterocycles. The second-order valence-electron chi connectivity index (χ2n) is 3.50. The van der Waals surface area contributed by atoms with Crippen molar-refractivity contribution in [3.63, 3.8) is 0 Å². The molecule has 0 unspecified atom stereocenters. The molecule has 1 heterocycles. The fourth-order valence-electron chi connectivity index (χ4n) is 1.29. The second-order valence-corrected chi connectivity index (χ2v) is 3.50. The average molecular weight is 218 g/mol. The van der Waals surface area contributed by atoms with E-state index in [0.717, 1.165) is 5.69 Å². The summed E-state index contributed by atoms with van der Waals surface area (Å²) in [6.07, 6.45) is 0. The Labute approximate surface area is 94.7 Å². The highest BCUT2D eigenvalue weighted by Gasteiger charge is 2.08. The summed E-state index contributed by atoms with van der Waals surface area (Å²) in [7, 11) is 3.35. The van der Waals surface area contributed by atoms with Crippen LogP contribution < -0.4 is 10.2 Å². The molecular formula is C11H14N4O. The van der Waals surface area contributed by atoms with E-state index in [1.54, 1.807) is 31.1 Å². The highest BCUT2D eigenvalue weighted by molar-refractivity contribution is 5.80. The first-order valence-electron chi connectivity index (χ1n) is 4.87. The monoisotopic (exact) mass is 218 g/mol. The Morgan fingerprint density at radius 1 is 1.62 bits per heavy atom. The Kier molecular flexibility index (Phi) is 3.84. The van der Waals surface area contributed by atoms with E-state index in [2.05, 4.69) is 16.4 Å². The Morgan fingerprint density at radius 2 is 2.31 bits per heavy atom. The van der Waals surface area contributed by atoms with Crippen molar-refractivity contribution in [3.8, 4) is 6.07 Å². The number of nitriles is 1. The molecule has 1 aromatic rings. The minimum absolute atomic E-state index is 0.0932. The van der Waals surface area contributed by atoms with Crippen LogP contribution in [0.5, 0.6) is 0 Å². The number of likely N-dealkylation sites (N-methyl/N-ethyl adjacent to an activating group) is 2. The lowest BCUT2D eigenvalue weighted by Gasteiger charge is -2.17. The molecule has 1 amide bonds. The molecule has 0 bridgehead atoms. The van der Waals surface area contributed by atoms with Crippen LogP contribution in [0, 0.1) is 18.3 Å². The molecule has 0 atom stereocenters. The van der Waals surface area contributed by atoms with Crippen LogP contribution in [0.1, 0.15) is 11.3 Å². The zero-order valence-corrected chi connectivity index (χ0v) is 9.61. The van der Waals surface area contributed by atoms with Gasteiger partial charge in [0.2, 0.25) is 5.91 Å². The molecule has 0 fully saturated rings. The first-order valence-corrected chi connectivity index (χ1v) is 4.87. The van der Waals surface area contributed by atoms with E-state index >= 15 is 0 Å². The van der Waals surface area contributed by atoms with Gasteiger partial charge in [0.15, 0.2) is 0 Å². The molecule has 0 radical (unpaired) electrons. The Hall–Kier alpha value is -2.09. The number of carbonyl (C=O) groups excluding carboxylic acids is 1. The minimum atomic E-state index is -0.0932. The van der Waals surface area contributed by atoms with Gasteiger partial charge in [0.05, 0.1) is 18.2 Å². The summed E-state index contributed by atoms with van der Waals surface area (Å²) in [5.41, 5.74) is 1.31. The van der Waals surface area contributed by atoms with Crippen LogP contribution in [0.25, 0.3) is 0 Å². The molecule has 0 saturated carbocycles. The maximum absolute atomic E-state index is 11.2. The number of anilines is 1. The maximum atomic E-state index is 11.2. The van der Waals surface area contributed by atoms with Crippen LogP contribution in [-0.2, 0) is 4.79 Å². The number of pyridine rings is 1. The zero-order chi connectivity index (χ0) is 12.1. The SMILES string of the molecule is CNC(=O)CN(C)c1cc(C#N)cc(C)n1. The van der Waals surface area contributed by atoms with Gasteiger partial charge in [-0.15, -0.1) is 0 Å². The van der Waals surface area contributed by atoms with Crippen molar-refractivity contribution >= 4 is 11.7 Å². The van der Waals surface area contributed by atoms with E-state index in [4.69, 9.17) is 5.26 Å². The summed E-state index contributed by atoms with van der Waals surface area (Å²) in [4.78, 5) is 17.2. The number of nitrogens with one attached hydrogen (secondary N) is 1. The van der Waals surface area contributed by atoms with E-state index in [1.165, 1.54) is 0 Å². The molecule has 1 rings (SSSR count). The van der Waals surface area contributed by atoms with Gasteiger partial charge in [0, 0.05) is 19.8 Å². The van der Waals surface area contributed by atoms with Gasteiger partial charge in [-0.05, 0) is 19.1 Å². The molecule has 1 N–H and O–H groups in total. The van der Waals surface area contributed by atoms with Crippen molar-refractivity contribution < 1.29 is 4.79 Å². The number of hydrogen-bond acceptors (Lipinski definition) is 4. The van der Waals surface area contributed by atoms with Gasteiger partial charge in [0.25, 0.3) is 0 Å². The number of rotatable bonds is 3. The number of carbonyl (C=O) groups is 1. The summed E-state index contributed by atoms with van der Waals surface area (Å²) in [5.74, 6) is 0.532. The number of aromatic nitrogens is 1. The van der Waals surface area contributed by atoms with E-state index in [-0.39, 0.29) is 12.5 Å². The van der Waals surface area contributed by atoms with Crippen LogP contribution >= 0.6 is 0 Å². The smallest absolute Gasteiger partial charge is 0.239 e. The Morgan fingerprint density at radius 3 is 2.88 bits per heavy atom. The van der Waals surface area contributed by atoms with Gasteiger partial charge in [-0.25, -0.2) is 4.98 Å². The van der Waals surface area contributed by atoms with Crippen molar-refractivity contribution in [1.29, 1.82) is 5.26 Å². The lowest BCUT2D eigenvalue weighted by atomic mass is 10.2. The maximum Gasteiger partial charge on any atom is 0.239 e. The molecule has 0 spiro atoms. The molecule has 5 heteroatoms. The normalized spacial score (nSPS) is 9.38. The average Bonchev–Trinajstić information content (AvgIpc) is 2.27. The molecular weight excluding hydrogens is 204 g/mol. The van der Waals surface area contributed by atoms with Crippen molar-refractivity contribution in [1.82, 2.24) is 10.3 Å². The summed E-state index contributed by atoms with van der Waals surface area (Å²) >= 11 is 0. The van der Waals surface area contributed by atoms with Gasteiger partial charge in [-0.1, -0.05) is 0 Å². The molecule has 84 valence electrons. The number of amides is 1. The molecule has 0 aliphatic carbocycles. The third kappa shape index (κ3) is 2.95. The Bertz CT molecular complexity index is 436. The van der Waals surface area contributed by atoms with Crippen LogP contribution in [0.2, 0.25) is 0 Å². The summed E-state index contributed by atoms with van der Waals surface area (Å²) in [6.45, 7) is 2.04. The molecule has 5 nitrogen and oxygen atoms in total. The first-order chi connectivity index (χ1) is 7.56. The molecule has 0 aliphatic rings. The molecule has 1 aromatic heterocycles. The first kappa shape index (κ1) is 12.0. The summed E-state index contributed by atoms with van der Waals surface area (Å²) < 4.78 is 0. The number of nitrogens with zero attached hydrogens (tertiary/aromatic N) is 3. The van der Waals surface area contributed by atoms with Gasteiger partial charge >= 0.3 is 0 Å². The van der Waals surface area contributed by atoms with Crippen LogP contribution in [0.3, 0.4) is 0 Å². The van der Waals surface area contributed by atoms with E-state index in [9.17, 15) is 4.79 Å². The van der Waals surface area contributed by atoms with E-state index < -0.39 is 0 Å². The van der Waals surface area contributed by atoms with Gasteiger partial charge in [-0.2, -0.15) is 5.26 Å². The second kappa shape index (κ2) is 5.12. The van der Waals surface area contributed by atoms with Crippen molar-refractivity contribution in [2.75, 3.05) is 25.5 Å². The fourth-order valence-corrected chi connectivity index (χ4v) is 1.29. The van der Waals surface area contributed by atoms with Crippen molar-refractivity contribution in [2.24, 2.45) is 0 Å². The van der Waals surface area contributed by atoms with Crippen LogP contribution in [0.4, 0.5) is 5.82 Å². The standard InChI is InChI=1S/C11H14N4O/c1-8-4-9(6-12)5-10(14-8)15(3)7-11(16)13-2/h4-5H,7H2,1-3H3,(H,13,16). The van der Waals surface area contributed by atoms with Crippen molar-refractivity contribution in [3.05, 3.63) is 23.4 Å². The summed E-state index contributed by atoms with van der Waals surface area (Å²) in [6, 6.07) is 5.43. The van der Waals surface area contributed by atoms with Gasteiger partial charge < -0.3 is 10.2 Å². The highest BCUT2D eigenvalue weighted by atomic mass is 16.1. The van der Waals surface area contributed by atoms with E-state index in [1.807, 2.05) is 6.92 Å². The van der Waals surface area contributed by atoms with Crippen molar-refractivity contribution in [2.45, 2.75) is 6.92 Å². The fraction of sp³-hybridized carbons (Fsp3) is 0.364. The zero-order valence-electron chi connectivity index (χ0n) is 9.61. The van der Waals surface area contributed by atoms with Gasteiger partial charge in [-0.3, -0.25) is 4.79 Å². The molecule has 0 aliphatic heterocycles. The van der Waals surface area contributed by atoms with Gasteiger partial charge in [0.1, 0.15) is 5.82 Å². The molecule has 0 aromatic carbocycles. The Balaban J connectivity index is 2.91. The third-order valence-corrected chi connectivity index (χ3v) is 2.12. The lowest BCUT2D eigenvalue weighted by molar-refractivity contribution is -0.119. The quantitative estimate of drug-likeness (QED) is 0.799. The third-order valence-electron chi connectivity index (χ3n) is 2.12. The van der Waals surface area contributed by atoms with Crippen LogP contribution in [-0.4, -0.2) is 31.5 Å². The number of aryl methyl sites for hydroxylation is 1. The lowest BCUT2D eigenvalue weighted by Crippen LogP contribution is -2.33. The number of hydrogen-bond donors (Lipinski definition) is 1. The minimum Gasteiger partial charge on any atom is -0.358 e. The topological polar surface area (TPSA) is 69.0 Å². The summed E-state index contributed by atoms with van der Waals surface area (Å²) in [5, 5.41) is 11.4. The van der Waals surface area contributed by atoms with E-state index in [0.29, 0.717) is 11.4 Å². The molecule has 16 heavy (non-hydrogen) atoms. The predicted molar refractivity (Wildman–Crippen MR) is 61.0 cm³/mol.